The molecule has 7 rings (SSSR count). The van der Waals surface area contributed by atoms with Crippen LogP contribution in [0.2, 0.25) is 5.04 Å². The van der Waals surface area contributed by atoms with E-state index in [2.05, 4.69) is 45.0 Å². The smallest absolute Gasteiger partial charge is 0.264 e. The van der Waals surface area contributed by atoms with Crippen LogP contribution >= 0.6 is 0 Å². The van der Waals surface area contributed by atoms with E-state index >= 15 is 0 Å². The van der Waals surface area contributed by atoms with Crippen molar-refractivity contribution in [3.05, 3.63) is 168 Å². The first-order valence-electron chi connectivity index (χ1n) is 20.0. The largest absolute Gasteiger partial charge is 0.405 e. The Bertz CT molecular complexity index is 2070. The molecule has 11 heteroatoms. The maximum Gasteiger partial charge on any atom is 0.264 e. The van der Waals surface area contributed by atoms with E-state index in [4.69, 9.17) is 27.7 Å². The molecule has 0 saturated carbocycles. The van der Waals surface area contributed by atoms with Crippen LogP contribution in [0.1, 0.15) is 43.9 Å². The Morgan fingerprint density at radius 1 is 0.672 bits per heavy atom. The Kier molecular flexibility index (Phi) is 13.7. The molecule has 5 aromatic carbocycles. The minimum absolute atomic E-state index is 0.00970. The van der Waals surface area contributed by atoms with Crippen molar-refractivity contribution < 1.29 is 36.1 Å². The summed E-state index contributed by atoms with van der Waals surface area (Å²) in [6.45, 7) is 8.01. The quantitative estimate of drug-likeness (QED) is 0.0682. The number of hydrogen-bond acceptors (Lipinski definition) is 9. The molecule has 0 aliphatic carbocycles. The summed E-state index contributed by atoms with van der Waals surface area (Å²) in [5.41, 5.74) is 3.13. The summed E-state index contributed by atoms with van der Waals surface area (Å²) >= 11 is 0. The molecule has 306 valence electrons. The first kappa shape index (κ1) is 42.1. The number of hydrogen-bond donors (Lipinski definition) is 0. The van der Waals surface area contributed by atoms with Crippen molar-refractivity contribution in [3.8, 4) is 0 Å². The molecule has 0 N–H and O–H groups in total. The lowest BCUT2D eigenvalue weighted by Crippen LogP contribution is -2.67. The van der Waals surface area contributed by atoms with Gasteiger partial charge in [0.2, 0.25) is 0 Å². The zero-order chi connectivity index (χ0) is 40.6. The number of rotatable bonds is 18. The fourth-order valence-electron chi connectivity index (χ4n) is 8.40. The number of nitrogens with zero attached hydrogens (tertiary/aromatic N) is 1. The van der Waals surface area contributed by atoms with Gasteiger partial charge in [-0.15, -0.1) is 0 Å². The fourth-order valence-corrected chi connectivity index (χ4v) is 13.6. The van der Waals surface area contributed by atoms with Crippen molar-refractivity contribution in [3.63, 3.8) is 0 Å². The summed E-state index contributed by atoms with van der Waals surface area (Å²) in [5, 5.41) is 3.77. The summed E-state index contributed by atoms with van der Waals surface area (Å²) in [7, 11) is -6.99. The normalized spacial score (nSPS) is 21.8. The van der Waals surface area contributed by atoms with Gasteiger partial charge in [0, 0.05) is 0 Å². The molecule has 0 spiro atoms. The first-order chi connectivity index (χ1) is 28.0. The standard InChI is InChI=1S/C47H55NO8SSi/c1-47(2,3)58(39-26-16-8-17-27-39,40-28-18-9-19-29-40)54-35-44(56-57(4,49)50)43-30-41-45(52-32-37-22-12-6-13-23-37)46(53-33-38-24-14-7-15-25-38)42(48(41)55-43)34-51-31-36-20-10-5-11-21-36/h5-29,41-46H,30-35H2,1-4H3/t41?,42-,43-,44?,45-,46-/m1/s1. The minimum atomic E-state index is -3.93. The fraction of sp³-hybridized carbons (Fsp3) is 0.362. The van der Waals surface area contributed by atoms with Crippen LogP contribution < -0.4 is 10.4 Å². The van der Waals surface area contributed by atoms with E-state index in [1.807, 2.05) is 132 Å². The third kappa shape index (κ3) is 10.0. The number of hydroxylamine groups is 2. The van der Waals surface area contributed by atoms with Gasteiger partial charge >= 0.3 is 0 Å². The average Bonchev–Trinajstić information content (AvgIpc) is 3.77. The molecule has 5 aromatic rings. The third-order valence-corrected chi connectivity index (χ3v) is 16.6. The number of benzene rings is 5. The molecule has 2 heterocycles. The van der Waals surface area contributed by atoms with E-state index in [0.29, 0.717) is 32.8 Å². The van der Waals surface area contributed by atoms with E-state index in [0.717, 1.165) is 33.3 Å². The summed E-state index contributed by atoms with van der Waals surface area (Å²) < 4.78 is 59.3. The molecule has 2 unspecified atom stereocenters. The Hall–Kier alpha value is -4.01. The summed E-state index contributed by atoms with van der Waals surface area (Å²) in [5.74, 6) is 0. The molecule has 0 bridgehead atoms. The second-order valence-corrected chi connectivity index (χ2v) is 22.1. The third-order valence-electron chi connectivity index (χ3n) is 11.0. The molecule has 2 saturated heterocycles. The summed E-state index contributed by atoms with van der Waals surface area (Å²) in [4.78, 5) is 6.87. The van der Waals surface area contributed by atoms with Crippen molar-refractivity contribution in [2.45, 2.75) is 88.6 Å². The highest BCUT2D eigenvalue weighted by Crippen LogP contribution is 2.42. The zero-order valence-corrected chi connectivity index (χ0v) is 35.6. The number of fused-ring (bicyclic) bond motifs is 1. The average molecular weight is 822 g/mol. The van der Waals surface area contributed by atoms with Crippen LogP contribution in [0.25, 0.3) is 0 Å². The predicted molar refractivity (Wildman–Crippen MR) is 228 cm³/mol. The van der Waals surface area contributed by atoms with Gasteiger partial charge in [-0.25, -0.2) is 0 Å². The molecule has 58 heavy (non-hydrogen) atoms. The maximum atomic E-state index is 13.0. The van der Waals surface area contributed by atoms with Gasteiger partial charge in [0.05, 0.1) is 51.4 Å². The van der Waals surface area contributed by atoms with Gasteiger partial charge in [-0.05, 0) is 38.5 Å². The number of ether oxygens (including phenoxy) is 3. The van der Waals surface area contributed by atoms with Gasteiger partial charge < -0.3 is 18.6 Å². The van der Waals surface area contributed by atoms with Crippen LogP contribution in [0.15, 0.2) is 152 Å². The van der Waals surface area contributed by atoms with Crippen LogP contribution in [0.3, 0.4) is 0 Å². The van der Waals surface area contributed by atoms with Gasteiger partial charge in [0.15, 0.2) is 0 Å². The van der Waals surface area contributed by atoms with Crippen molar-refractivity contribution in [2.24, 2.45) is 0 Å². The molecule has 6 atom stereocenters. The topological polar surface area (TPSA) is 92.8 Å². The van der Waals surface area contributed by atoms with E-state index < -0.39 is 42.9 Å². The summed E-state index contributed by atoms with van der Waals surface area (Å²) in [6, 6.07) is 50.1. The van der Waals surface area contributed by atoms with Gasteiger partial charge in [-0.1, -0.05) is 172 Å². The van der Waals surface area contributed by atoms with Crippen molar-refractivity contribution in [2.75, 3.05) is 19.5 Å². The molecule has 0 radical (unpaired) electrons. The van der Waals surface area contributed by atoms with Crippen LogP contribution in [0.4, 0.5) is 0 Å². The van der Waals surface area contributed by atoms with Crippen molar-refractivity contribution >= 4 is 28.8 Å². The lowest BCUT2D eigenvalue weighted by molar-refractivity contribution is -0.212. The maximum absolute atomic E-state index is 13.0. The molecule has 0 amide bonds. The Balaban J connectivity index is 1.20. The molecule has 2 aliphatic rings. The lowest BCUT2D eigenvalue weighted by Gasteiger charge is -2.44. The van der Waals surface area contributed by atoms with Crippen LogP contribution in [-0.2, 0) is 57.6 Å². The summed E-state index contributed by atoms with van der Waals surface area (Å²) in [6.07, 6.45) is -0.981. The van der Waals surface area contributed by atoms with Crippen LogP contribution in [0.5, 0.6) is 0 Å². The van der Waals surface area contributed by atoms with E-state index in [1.165, 1.54) is 0 Å². The molecule has 9 nitrogen and oxygen atoms in total. The molecule has 0 aromatic heterocycles. The van der Waals surface area contributed by atoms with Gasteiger partial charge in [-0.3, -0.25) is 9.02 Å². The Labute approximate surface area is 345 Å². The van der Waals surface area contributed by atoms with E-state index in [-0.39, 0.29) is 23.7 Å². The highest BCUT2D eigenvalue weighted by molar-refractivity contribution is 7.86. The monoisotopic (exact) mass is 821 g/mol. The van der Waals surface area contributed by atoms with Gasteiger partial charge in [0.25, 0.3) is 18.4 Å². The SMILES string of the molecule is CC(C)(C)[Si](OCC(OS(C)(=O)=O)[C@H]1CC2[C@@H](OCc3ccccc3)[C@H](OCc3ccccc3)[C@@H](COCc3ccccc3)N2O1)(c1ccccc1)c1ccccc1. The first-order valence-corrected chi connectivity index (χ1v) is 23.8. The van der Waals surface area contributed by atoms with Crippen LogP contribution in [-0.4, -0.2) is 77.8 Å². The highest BCUT2D eigenvalue weighted by Gasteiger charge is 2.58. The molecular weight excluding hydrogens is 767 g/mol. The van der Waals surface area contributed by atoms with Crippen molar-refractivity contribution in [1.82, 2.24) is 5.06 Å². The van der Waals surface area contributed by atoms with Crippen molar-refractivity contribution in [1.29, 1.82) is 0 Å². The second kappa shape index (κ2) is 18.9. The molecule has 2 aliphatic heterocycles. The predicted octanol–water partition coefficient (Wildman–Crippen LogP) is 7.05. The molecule has 2 fully saturated rings. The van der Waals surface area contributed by atoms with Crippen LogP contribution in [0, 0.1) is 0 Å². The zero-order valence-electron chi connectivity index (χ0n) is 33.8. The second-order valence-electron chi connectivity index (χ2n) is 16.2. The lowest BCUT2D eigenvalue weighted by atomic mass is 10.00. The highest BCUT2D eigenvalue weighted by atomic mass is 32.2. The van der Waals surface area contributed by atoms with E-state index in [9.17, 15) is 8.42 Å². The molecular formula is C47H55NO8SSi. The Morgan fingerprint density at radius 3 is 1.59 bits per heavy atom. The van der Waals surface area contributed by atoms with Gasteiger partial charge in [0.1, 0.15) is 24.4 Å². The van der Waals surface area contributed by atoms with E-state index in [1.54, 1.807) is 0 Å². The Morgan fingerprint density at radius 2 is 1.12 bits per heavy atom. The van der Waals surface area contributed by atoms with Gasteiger partial charge in [-0.2, -0.15) is 13.5 Å². The minimum Gasteiger partial charge on any atom is -0.405 e.